The molecule has 0 aromatic heterocycles. The second-order valence-electron chi connectivity index (χ2n) is 2.95. The van der Waals surface area contributed by atoms with Crippen molar-refractivity contribution >= 4 is 23.5 Å². The van der Waals surface area contributed by atoms with Crippen LogP contribution in [0.3, 0.4) is 0 Å². The Kier molecular flexibility index (Phi) is 5.37. The van der Waals surface area contributed by atoms with Crippen molar-refractivity contribution in [2.24, 2.45) is 0 Å². The lowest BCUT2D eigenvalue weighted by Gasteiger charge is -2.24. The van der Waals surface area contributed by atoms with E-state index in [0.29, 0.717) is 0 Å². The summed E-state index contributed by atoms with van der Waals surface area (Å²) in [4.78, 5) is 0. The topological polar surface area (TPSA) is 20.2 Å². The lowest BCUT2D eigenvalue weighted by atomic mass is 9.96. The monoisotopic (exact) mass is 206 g/mol. The summed E-state index contributed by atoms with van der Waals surface area (Å²) in [6.07, 6.45) is 4.85. The molecule has 3 heteroatoms. The summed E-state index contributed by atoms with van der Waals surface area (Å²) >= 11 is 3.41. The van der Waals surface area contributed by atoms with Crippen LogP contribution >= 0.6 is 23.5 Å². The van der Waals surface area contributed by atoms with Gasteiger partial charge in [-0.15, -0.1) is 23.5 Å². The largest absolute Gasteiger partial charge is 0.386 e. The average Bonchev–Trinajstić information content (AvgIpc) is 2.06. The predicted molar refractivity (Wildman–Crippen MR) is 60.6 cm³/mol. The van der Waals surface area contributed by atoms with Crippen LogP contribution in [0, 0.1) is 0 Å². The zero-order chi connectivity index (χ0) is 9.78. The maximum Gasteiger partial charge on any atom is 0.0842 e. The van der Waals surface area contributed by atoms with Crippen LogP contribution in [0.1, 0.15) is 27.2 Å². The molecule has 0 radical (unpaired) electrons. The minimum absolute atomic E-state index is 0.638. The Morgan fingerprint density at radius 2 is 1.75 bits per heavy atom. The Hall–Kier alpha value is 0.400. The number of hydrogen-bond donors (Lipinski definition) is 1. The van der Waals surface area contributed by atoms with Gasteiger partial charge in [-0.3, -0.25) is 0 Å². The van der Waals surface area contributed by atoms with Crippen LogP contribution in [0.2, 0.25) is 0 Å². The van der Waals surface area contributed by atoms with Crippen LogP contribution in [0.15, 0.2) is 9.81 Å². The molecule has 0 aliphatic carbocycles. The zero-order valence-electron chi connectivity index (χ0n) is 8.47. The molecule has 0 saturated carbocycles. The highest BCUT2D eigenvalue weighted by Crippen LogP contribution is 2.33. The maximum atomic E-state index is 9.94. The first-order valence-corrected chi connectivity index (χ1v) is 6.46. The van der Waals surface area contributed by atoms with Gasteiger partial charge >= 0.3 is 0 Å². The highest BCUT2D eigenvalue weighted by molar-refractivity contribution is 8.21. The first-order chi connectivity index (χ1) is 5.49. The molecule has 0 fully saturated rings. The number of rotatable bonds is 4. The molecule has 12 heavy (non-hydrogen) atoms. The Bertz CT molecular complexity index is 167. The van der Waals surface area contributed by atoms with Crippen molar-refractivity contribution in [1.29, 1.82) is 0 Å². The van der Waals surface area contributed by atoms with Crippen LogP contribution in [0.25, 0.3) is 0 Å². The van der Waals surface area contributed by atoms with Crippen LogP contribution in [-0.2, 0) is 0 Å². The summed E-state index contributed by atoms with van der Waals surface area (Å²) in [7, 11) is 0. The molecule has 1 unspecified atom stereocenters. The van der Waals surface area contributed by atoms with E-state index in [-0.39, 0.29) is 0 Å². The molecule has 0 rings (SSSR count). The Morgan fingerprint density at radius 3 is 2.00 bits per heavy atom. The van der Waals surface area contributed by atoms with Gasteiger partial charge in [0.25, 0.3) is 0 Å². The first kappa shape index (κ1) is 12.4. The fourth-order valence-electron chi connectivity index (χ4n) is 0.875. The summed E-state index contributed by atoms with van der Waals surface area (Å²) in [6, 6.07) is 0. The van der Waals surface area contributed by atoms with Crippen LogP contribution in [-0.4, -0.2) is 23.2 Å². The SMILES string of the molecule is CCC(C)(O)C(C)=C(SC)SC. The van der Waals surface area contributed by atoms with Gasteiger partial charge < -0.3 is 5.11 Å². The molecule has 0 heterocycles. The summed E-state index contributed by atoms with van der Waals surface area (Å²) in [5.74, 6) is 0. The average molecular weight is 206 g/mol. The van der Waals surface area contributed by atoms with Crippen molar-refractivity contribution in [3.05, 3.63) is 9.81 Å². The van der Waals surface area contributed by atoms with Crippen molar-refractivity contribution in [1.82, 2.24) is 0 Å². The van der Waals surface area contributed by atoms with Gasteiger partial charge in [-0.1, -0.05) is 6.92 Å². The summed E-state index contributed by atoms with van der Waals surface area (Å²) < 4.78 is 1.22. The standard InChI is InChI=1S/C9H18OS2/c1-6-9(3,10)7(2)8(11-4)12-5/h10H,6H2,1-5H3. The minimum Gasteiger partial charge on any atom is -0.386 e. The zero-order valence-corrected chi connectivity index (χ0v) is 10.1. The molecule has 0 bridgehead atoms. The van der Waals surface area contributed by atoms with Gasteiger partial charge in [-0.2, -0.15) is 0 Å². The predicted octanol–water partition coefficient (Wildman–Crippen LogP) is 3.10. The van der Waals surface area contributed by atoms with Gasteiger partial charge in [0, 0.05) is 4.24 Å². The van der Waals surface area contributed by atoms with Crippen LogP contribution in [0.4, 0.5) is 0 Å². The van der Waals surface area contributed by atoms with E-state index in [1.807, 2.05) is 33.3 Å². The third-order valence-corrected chi connectivity index (χ3v) is 4.53. The Morgan fingerprint density at radius 1 is 1.33 bits per heavy atom. The lowest BCUT2D eigenvalue weighted by molar-refractivity contribution is 0.0946. The van der Waals surface area contributed by atoms with Gasteiger partial charge in [0.1, 0.15) is 0 Å². The van der Waals surface area contributed by atoms with Crippen molar-refractivity contribution in [3.63, 3.8) is 0 Å². The Labute approximate surface area is 84.0 Å². The fraction of sp³-hybridized carbons (Fsp3) is 0.778. The number of thioether (sulfide) groups is 2. The number of hydrogen-bond acceptors (Lipinski definition) is 3. The highest BCUT2D eigenvalue weighted by Gasteiger charge is 2.22. The molecule has 1 N–H and O–H groups in total. The quantitative estimate of drug-likeness (QED) is 0.763. The van der Waals surface area contributed by atoms with E-state index in [1.54, 1.807) is 23.5 Å². The van der Waals surface area contributed by atoms with Crippen LogP contribution < -0.4 is 0 Å². The molecular weight excluding hydrogens is 188 g/mol. The summed E-state index contributed by atoms with van der Waals surface area (Å²) in [5, 5.41) is 9.94. The minimum atomic E-state index is -0.638. The molecule has 0 aromatic rings. The summed E-state index contributed by atoms with van der Waals surface area (Å²) in [6.45, 7) is 5.88. The summed E-state index contributed by atoms with van der Waals surface area (Å²) in [5.41, 5.74) is 0.450. The second-order valence-corrected chi connectivity index (χ2v) is 4.84. The van der Waals surface area contributed by atoms with Gasteiger partial charge in [0.15, 0.2) is 0 Å². The Balaban J connectivity index is 4.72. The van der Waals surface area contributed by atoms with Gasteiger partial charge in [0.05, 0.1) is 5.60 Å². The van der Waals surface area contributed by atoms with Gasteiger partial charge in [-0.05, 0) is 38.4 Å². The van der Waals surface area contributed by atoms with E-state index in [2.05, 4.69) is 0 Å². The number of aliphatic hydroxyl groups is 1. The van der Waals surface area contributed by atoms with Crippen LogP contribution in [0.5, 0.6) is 0 Å². The van der Waals surface area contributed by atoms with E-state index < -0.39 is 5.60 Å². The molecule has 0 aromatic carbocycles. The third kappa shape index (κ3) is 3.04. The van der Waals surface area contributed by atoms with Gasteiger partial charge in [0.2, 0.25) is 0 Å². The van der Waals surface area contributed by atoms with Crippen molar-refractivity contribution in [2.45, 2.75) is 32.8 Å². The maximum absolute atomic E-state index is 9.94. The van der Waals surface area contributed by atoms with E-state index >= 15 is 0 Å². The molecular formula is C9H18OS2. The van der Waals surface area contributed by atoms with E-state index in [4.69, 9.17) is 0 Å². The third-order valence-electron chi connectivity index (χ3n) is 2.17. The molecule has 0 saturated heterocycles. The normalized spacial score (nSPS) is 15.5. The molecule has 1 nitrogen and oxygen atoms in total. The van der Waals surface area contributed by atoms with Crippen molar-refractivity contribution in [3.8, 4) is 0 Å². The van der Waals surface area contributed by atoms with E-state index in [1.165, 1.54) is 4.24 Å². The van der Waals surface area contributed by atoms with E-state index in [0.717, 1.165) is 12.0 Å². The second kappa shape index (κ2) is 5.20. The fourth-order valence-corrected chi connectivity index (χ4v) is 2.59. The van der Waals surface area contributed by atoms with Crippen molar-refractivity contribution in [2.75, 3.05) is 12.5 Å². The molecule has 0 aliphatic heterocycles. The first-order valence-electron chi connectivity index (χ1n) is 4.01. The lowest BCUT2D eigenvalue weighted by Crippen LogP contribution is -2.24. The smallest absolute Gasteiger partial charge is 0.0842 e. The van der Waals surface area contributed by atoms with Crippen molar-refractivity contribution < 1.29 is 5.11 Å². The molecule has 0 amide bonds. The van der Waals surface area contributed by atoms with Gasteiger partial charge in [-0.25, -0.2) is 0 Å². The molecule has 0 aliphatic rings. The molecule has 72 valence electrons. The molecule has 0 spiro atoms. The molecule has 1 atom stereocenters. The highest BCUT2D eigenvalue weighted by atomic mass is 32.2. The van der Waals surface area contributed by atoms with E-state index in [9.17, 15) is 5.11 Å².